The Morgan fingerprint density at radius 1 is 1.18 bits per heavy atom. The van der Waals surface area contributed by atoms with Crippen LogP contribution in [0.4, 0.5) is 0 Å². The van der Waals surface area contributed by atoms with Crippen LogP contribution in [-0.4, -0.2) is 36.2 Å². The van der Waals surface area contributed by atoms with E-state index < -0.39 is 13.3 Å². The quantitative estimate of drug-likeness (QED) is 0.441. The maximum absolute atomic E-state index is 12.9. The van der Waals surface area contributed by atoms with Crippen molar-refractivity contribution in [2.45, 2.75) is 65.5 Å². The molecular weight excluding hydrogens is 301 g/mol. The first-order valence-electron chi connectivity index (χ1n) is 8.39. The molecule has 5 nitrogen and oxygen atoms in total. The molecule has 0 radical (unpaired) electrons. The molecule has 1 aliphatic rings. The van der Waals surface area contributed by atoms with Gasteiger partial charge in [-0.1, -0.05) is 32.3 Å². The summed E-state index contributed by atoms with van der Waals surface area (Å²) in [5.41, 5.74) is 0.246. The van der Waals surface area contributed by atoms with E-state index in [2.05, 4.69) is 6.92 Å². The van der Waals surface area contributed by atoms with Crippen LogP contribution >= 0.6 is 7.60 Å². The molecule has 0 N–H and O–H groups in total. The lowest BCUT2D eigenvalue weighted by molar-refractivity contribution is -0.126. The second-order valence-electron chi connectivity index (χ2n) is 5.43. The smallest absolute Gasteiger partial charge is 0.316 e. The predicted octanol–water partition coefficient (Wildman–Crippen LogP) is 4.34. The van der Waals surface area contributed by atoms with E-state index in [1.165, 1.54) is 6.42 Å². The van der Waals surface area contributed by atoms with Crippen molar-refractivity contribution in [1.29, 1.82) is 0 Å². The molecule has 0 aromatic heterocycles. The molecule has 0 bridgehead atoms. The summed E-state index contributed by atoms with van der Waals surface area (Å²) in [6, 6.07) is 0. The minimum atomic E-state index is -3.39. The van der Waals surface area contributed by atoms with E-state index in [0.29, 0.717) is 13.0 Å². The summed E-state index contributed by atoms with van der Waals surface area (Å²) in [4.78, 5) is 14.5. The number of likely N-dealkylation sites (tertiary alicyclic amines) is 1. The Labute approximate surface area is 134 Å². The van der Waals surface area contributed by atoms with Gasteiger partial charge in [0.15, 0.2) is 0 Å². The molecule has 1 atom stereocenters. The first-order valence-corrected chi connectivity index (χ1v) is 10.0. The van der Waals surface area contributed by atoms with Crippen molar-refractivity contribution in [1.82, 2.24) is 4.90 Å². The monoisotopic (exact) mass is 331 g/mol. The van der Waals surface area contributed by atoms with Crippen molar-refractivity contribution in [3.8, 4) is 0 Å². The van der Waals surface area contributed by atoms with Gasteiger partial charge in [-0.2, -0.15) is 0 Å². The van der Waals surface area contributed by atoms with E-state index in [0.717, 1.165) is 25.0 Å². The Balaban J connectivity index is 2.83. The van der Waals surface area contributed by atoms with Crippen LogP contribution in [0.1, 0.15) is 59.8 Å². The van der Waals surface area contributed by atoms with Crippen LogP contribution < -0.4 is 0 Å². The van der Waals surface area contributed by atoms with Crippen molar-refractivity contribution in [2.75, 3.05) is 19.8 Å². The van der Waals surface area contributed by atoms with E-state index in [1.54, 1.807) is 18.7 Å². The van der Waals surface area contributed by atoms with Gasteiger partial charge in [0.05, 0.1) is 13.2 Å². The molecule has 1 rings (SSSR count). The highest BCUT2D eigenvalue weighted by Gasteiger charge is 2.48. The molecular formula is C16H30NO4P. The van der Waals surface area contributed by atoms with E-state index in [9.17, 15) is 9.36 Å². The molecule has 0 aromatic rings. The lowest BCUT2D eigenvalue weighted by Crippen LogP contribution is -2.30. The van der Waals surface area contributed by atoms with Gasteiger partial charge in [-0.15, -0.1) is 0 Å². The Morgan fingerprint density at radius 2 is 1.82 bits per heavy atom. The van der Waals surface area contributed by atoms with E-state index in [4.69, 9.17) is 9.05 Å². The van der Waals surface area contributed by atoms with Crippen LogP contribution in [0.5, 0.6) is 0 Å². The molecule has 1 heterocycles. The minimum Gasteiger partial charge on any atom is -0.316 e. The molecule has 1 unspecified atom stereocenters. The van der Waals surface area contributed by atoms with Gasteiger partial charge in [-0.3, -0.25) is 9.36 Å². The molecule has 0 aliphatic carbocycles. The molecule has 0 spiro atoms. The minimum absolute atomic E-state index is 0.116. The highest BCUT2D eigenvalue weighted by atomic mass is 31.2. The van der Waals surface area contributed by atoms with E-state index in [-0.39, 0.29) is 19.1 Å². The predicted molar refractivity (Wildman–Crippen MR) is 88.9 cm³/mol. The molecule has 128 valence electrons. The maximum atomic E-state index is 12.9. The lowest BCUT2D eigenvalue weighted by atomic mass is 10.2. The fraction of sp³-hybridized carbons (Fsp3) is 0.812. The maximum Gasteiger partial charge on any atom is 0.343 e. The largest absolute Gasteiger partial charge is 0.343 e. The number of carbonyl (C=O) groups excluding carboxylic acids is 1. The fourth-order valence-corrected chi connectivity index (χ4v) is 4.74. The van der Waals surface area contributed by atoms with E-state index >= 15 is 0 Å². The normalized spacial score (nSPS) is 21.1. The Kier molecular flexibility index (Phi) is 8.37. The molecule has 22 heavy (non-hydrogen) atoms. The van der Waals surface area contributed by atoms with Gasteiger partial charge in [0.25, 0.3) is 0 Å². The van der Waals surface area contributed by atoms with Gasteiger partial charge in [0.2, 0.25) is 5.91 Å². The third-order valence-electron chi connectivity index (χ3n) is 3.87. The summed E-state index contributed by atoms with van der Waals surface area (Å²) in [5, 5.41) is 0. The van der Waals surface area contributed by atoms with Gasteiger partial charge < -0.3 is 13.9 Å². The zero-order valence-corrected chi connectivity index (χ0v) is 15.2. The SMILES string of the molecule is C/C=C1\CC(P(=O)(OCC)OCC)C(=O)N1CCCCCC. The molecule has 1 saturated heterocycles. The standard InChI is InChI=1S/C16H30NO4P/c1-5-9-10-11-12-17-14(6-2)13-15(16(17)18)22(19,20-7-3)21-8-4/h6,15H,5,7-13H2,1-4H3/b14-6+. The number of rotatable bonds is 10. The summed E-state index contributed by atoms with van der Waals surface area (Å²) in [6.45, 7) is 8.86. The number of hydrogen-bond acceptors (Lipinski definition) is 4. The number of hydrogen-bond donors (Lipinski definition) is 0. The van der Waals surface area contributed by atoms with Gasteiger partial charge in [0, 0.05) is 18.7 Å². The van der Waals surface area contributed by atoms with Crippen molar-refractivity contribution < 1.29 is 18.4 Å². The van der Waals surface area contributed by atoms with E-state index in [1.807, 2.05) is 13.0 Å². The lowest BCUT2D eigenvalue weighted by Gasteiger charge is -2.22. The number of unbranched alkanes of at least 4 members (excludes halogenated alkanes) is 3. The molecule has 6 heteroatoms. The van der Waals surface area contributed by atoms with Gasteiger partial charge >= 0.3 is 7.60 Å². The van der Waals surface area contributed by atoms with Gasteiger partial charge in [-0.05, 0) is 27.2 Å². The number of carbonyl (C=O) groups is 1. The van der Waals surface area contributed by atoms with Gasteiger partial charge in [0.1, 0.15) is 5.66 Å². The zero-order valence-electron chi connectivity index (χ0n) is 14.3. The topological polar surface area (TPSA) is 55.8 Å². The van der Waals surface area contributed by atoms with Gasteiger partial charge in [-0.25, -0.2) is 0 Å². The Hall–Kier alpha value is -0.640. The molecule has 0 saturated carbocycles. The third-order valence-corrected chi connectivity index (χ3v) is 6.27. The average molecular weight is 331 g/mol. The fourth-order valence-electron chi connectivity index (χ4n) is 2.77. The Bertz CT molecular complexity index is 426. The highest BCUT2D eigenvalue weighted by molar-refractivity contribution is 7.55. The number of nitrogens with zero attached hydrogens (tertiary/aromatic N) is 1. The Morgan fingerprint density at radius 3 is 2.32 bits per heavy atom. The first kappa shape index (κ1) is 19.4. The van der Waals surface area contributed by atoms with Crippen LogP contribution in [0, 0.1) is 0 Å². The second kappa shape index (κ2) is 9.49. The summed E-state index contributed by atoms with van der Waals surface area (Å²) in [6.07, 6.45) is 6.79. The first-order chi connectivity index (χ1) is 10.5. The van der Waals surface area contributed by atoms with Crippen LogP contribution in [0.2, 0.25) is 0 Å². The zero-order chi connectivity index (χ0) is 16.6. The average Bonchev–Trinajstić information content (AvgIpc) is 2.81. The van der Waals surface area contributed by atoms with Crippen molar-refractivity contribution in [2.24, 2.45) is 0 Å². The number of allylic oxidation sites excluding steroid dienone is 2. The number of amides is 1. The summed E-state index contributed by atoms with van der Waals surface area (Å²) >= 11 is 0. The van der Waals surface area contributed by atoms with Crippen LogP contribution in [0.3, 0.4) is 0 Å². The summed E-state index contributed by atoms with van der Waals surface area (Å²) in [5.74, 6) is -0.116. The van der Waals surface area contributed by atoms with Crippen LogP contribution in [-0.2, 0) is 18.4 Å². The van der Waals surface area contributed by atoms with Crippen molar-refractivity contribution in [3.63, 3.8) is 0 Å². The highest BCUT2D eigenvalue weighted by Crippen LogP contribution is 2.57. The third kappa shape index (κ3) is 4.68. The molecule has 1 fully saturated rings. The van der Waals surface area contributed by atoms with Crippen LogP contribution in [0.15, 0.2) is 11.8 Å². The second-order valence-corrected chi connectivity index (χ2v) is 7.65. The van der Waals surface area contributed by atoms with Crippen molar-refractivity contribution >= 4 is 13.5 Å². The summed E-state index contributed by atoms with van der Waals surface area (Å²) < 4.78 is 23.6. The molecule has 0 aromatic carbocycles. The molecule has 1 amide bonds. The van der Waals surface area contributed by atoms with Crippen LogP contribution in [0.25, 0.3) is 0 Å². The summed E-state index contributed by atoms with van der Waals surface area (Å²) in [7, 11) is -3.39. The van der Waals surface area contributed by atoms with Crippen molar-refractivity contribution in [3.05, 3.63) is 11.8 Å². The molecule has 1 aliphatic heterocycles.